The summed E-state index contributed by atoms with van der Waals surface area (Å²) in [6.07, 6.45) is 2.36. The molecular weight excluding hydrogens is 273 g/mol. The van der Waals surface area contributed by atoms with Gasteiger partial charge in [0.05, 0.1) is 18.4 Å². The third-order valence-corrected chi connectivity index (χ3v) is 2.86. The van der Waals surface area contributed by atoms with Gasteiger partial charge >= 0.3 is 0 Å². The number of pyridine rings is 1. The molecule has 0 fully saturated rings. The Kier molecular flexibility index (Phi) is 4.84. The Balaban J connectivity index is 2.20. The van der Waals surface area contributed by atoms with Crippen molar-refractivity contribution in [2.24, 2.45) is 5.73 Å². The van der Waals surface area contributed by atoms with Crippen LogP contribution in [0, 0.1) is 5.82 Å². The minimum atomic E-state index is -0.667. The number of hydrogen-bond acceptors (Lipinski definition) is 4. The van der Waals surface area contributed by atoms with Gasteiger partial charge < -0.3 is 15.8 Å². The van der Waals surface area contributed by atoms with Crippen molar-refractivity contribution in [3.63, 3.8) is 0 Å². The lowest BCUT2D eigenvalue weighted by atomic mass is 10.1. The summed E-state index contributed by atoms with van der Waals surface area (Å²) in [7, 11) is 0. The second kappa shape index (κ2) is 6.81. The maximum absolute atomic E-state index is 13.5. The van der Waals surface area contributed by atoms with Crippen LogP contribution >= 0.6 is 0 Å². The number of amides is 1. The molecule has 1 aromatic carbocycles. The van der Waals surface area contributed by atoms with Gasteiger partial charge in [-0.05, 0) is 31.2 Å². The molecule has 2 aromatic rings. The average Bonchev–Trinajstić information content (AvgIpc) is 2.49. The van der Waals surface area contributed by atoms with Gasteiger partial charge in [0.2, 0.25) is 0 Å². The predicted octanol–water partition coefficient (Wildman–Crippen LogP) is 2.33. The van der Waals surface area contributed by atoms with Crippen molar-refractivity contribution in [1.82, 2.24) is 4.98 Å². The molecule has 3 N–H and O–H groups in total. The smallest absolute Gasteiger partial charge is 0.258 e. The summed E-state index contributed by atoms with van der Waals surface area (Å²) in [5.41, 5.74) is 6.89. The number of rotatable bonds is 5. The van der Waals surface area contributed by atoms with Crippen LogP contribution < -0.4 is 15.8 Å². The van der Waals surface area contributed by atoms with Crippen molar-refractivity contribution >= 4 is 11.6 Å². The fourth-order valence-electron chi connectivity index (χ4n) is 1.87. The molecule has 110 valence electrons. The zero-order valence-corrected chi connectivity index (χ0v) is 11.6. The van der Waals surface area contributed by atoms with E-state index in [9.17, 15) is 9.18 Å². The van der Waals surface area contributed by atoms with Crippen LogP contribution in [0.5, 0.6) is 5.75 Å². The Morgan fingerprint density at radius 3 is 2.90 bits per heavy atom. The summed E-state index contributed by atoms with van der Waals surface area (Å²) in [5, 5.41) is 2.63. The first-order valence-corrected chi connectivity index (χ1v) is 6.52. The van der Waals surface area contributed by atoms with Gasteiger partial charge in [0.25, 0.3) is 5.91 Å². The molecule has 0 radical (unpaired) electrons. The van der Waals surface area contributed by atoms with Crippen LogP contribution in [-0.2, 0) is 6.54 Å². The monoisotopic (exact) mass is 289 g/mol. The Morgan fingerprint density at radius 2 is 2.24 bits per heavy atom. The van der Waals surface area contributed by atoms with Gasteiger partial charge in [-0.15, -0.1) is 0 Å². The predicted molar refractivity (Wildman–Crippen MR) is 77.7 cm³/mol. The van der Waals surface area contributed by atoms with Crippen LogP contribution in [-0.4, -0.2) is 17.5 Å². The first-order chi connectivity index (χ1) is 10.2. The van der Waals surface area contributed by atoms with Gasteiger partial charge in [-0.3, -0.25) is 9.78 Å². The number of nitrogens with two attached hydrogens (primary N) is 1. The second-order valence-corrected chi connectivity index (χ2v) is 4.27. The number of nitrogens with one attached hydrogen (secondary N) is 1. The van der Waals surface area contributed by atoms with E-state index in [2.05, 4.69) is 10.3 Å². The lowest BCUT2D eigenvalue weighted by molar-refractivity contribution is 0.102. The van der Waals surface area contributed by atoms with Crippen LogP contribution in [0.3, 0.4) is 0 Å². The molecule has 2 rings (SSSR count). The molecule has 0 saturated heterocycles. The van der Waals surface area contributed by atoms with Crippen LogP contribution in [0.4, 0.5) is 10.1 Å². The summed E-state index contributed by atoms with van der Waals surface area (Å²) in [6.45, 7) is 2.69. The quantitative estimate of drug-likeness (QED) is 0.885. The van der Waals surface area contributed by atoms with Crippen molar-refractivity contribution in [3.8, 4) is 5.75 Å². The molecule has 0 aliphatic carbocycles. The van der Waals surface area contributed by atoms with E-state index in [-0.39, 0.29) is 12.1 Å². The number of carbonyl (C=O) groups excluding carboxylic acids is 1. The third-order valence-electron chi connectivity index (χ3n) is 2.86. The summed E-state index contributed by atoms with van der Waals surface area (Å²) in [5.74, 6) is -0.532. The standard InChI is InChI=1S/C15H16FN3O2/c1-2-21-14-4-3-11(7-10(14)8-17)19-15(20)12-5-6-18-9-13(12)16/h3-7,9H,2,8,17H2,1H3,(H,19,20). The van der Waals surface area contributed by atoms with Crippen LogP contribution in [0.25, 0.3) is 0 Å². The van der Waals surface area contributed by atoms with E-state index in [1.165, 1.54) is 12.3 Å². The number of aromatic nitrogens is 1. The Morgan fingerprint density at radius 1 is 1.43 bits per heavy atom. The molecule has 6 heteroatoms. The fourth-order valence-corrected chi connectivity index (χ4v) is 1.87. The van der Waals surface area contributed by atoms with Crippen molar-refractivity contribution < 1.29 is 13.9 Å². The molecule has 21 heavy (non-hydrogen) atoms. The third kappa shape index (κ3) is 3.55. The zero-order chi connectivity index (χ0) is 15.2. The molecular formula is C15H16FN3O2. The molecule has 0 aliphatic rings. The molecule has 0 saturated carbocycles. The Hall–Kier alpha value is -2.47. The van der Waals surface area contributed by atoms with E-state index >= 15 is 0 Å². The number of halogens is 1. The highest BCUT2D eigenvalue weighted by Crippen LogP contribution is 2.23. The summed E-state index contributed by atoms with van der Waals surface area (Å²) in [4.78, 5) is 15.6. The largest absolute Gasteiger partial charge is 0.494 e. The van der Waals surface area contributed by atoms with E-state index in [1.807, 2.05) is 6.92 Å². The van der Waals surface area contributed by atoms with Crippen molar-refractivity contribution in [2.75, 3.05) is 11.9 Å². The maximum atomic E-state index is 13.5. The second-order valence-electron chi connectivity index (χ2n) is 4.27. The molecule has 1 amide bonds. The number of anilines is 1. The van der Waals surface area contributed by atoms with E-state index in [4.69, 9.17) is 10.5 Å². The normalized spacial score (nSPS) is 10.2. The first kappa shape index (κ1) is 14.9. The van der Waals surface area contributed by atoms with Crippen LogP contribution in [0.15, 0.2) is 36.7 Å². The lowest BCUT2D eigenvalue weighted by Crippen LogP contribution is -2.14. The molecule has 1 heterocycles. The van der Waals surface area contributed by atoms with E-state index in [0.717, 1.165) is 11.8 Å². The lowest BCUT2D eigenvalue weighted by Gasteiger charge is -2.11. The van der Waals surface area contributed by atoms with Crippen molar-refractivity contribution in [1.29, 1.82) is 0 Å². The van der Waals surface area contributed by atoms with Crippen molar-refractivity contribution in [2.45, 2.75) is 13.5 Å². The number of carbonyl (C=O) groups is 1. The van der Waals surface area contributed by atoms with Gasteiger partial charge in [-0.1, -0.05) is 0 Å². The number of ether oxygens (including phenoxy) is 1. The van der Waals surface area contributed by atoms with Crippen LogP contribution in [0.1, 0.15) is 22.8 Å². The number of benzene rings is 1. The fraction of sp³-hybridized carbons (Fsp3) is 0.200. The molecule has 5 nitrogen and oxygen atoms in total. The molecule has 0 aliphatic heterocycles. The molecule has 0 atom stereocenters. The first-order valence-electron chi connectivity index (χ1n) is 6.52. The summed E-state index contributed by atoms with van der Waals surface area (Å²) in [6, 6.07) is 6.44. The maximum Gasteiger partial charge on any atom is 0.258 e. The topological polar surface area (TPSA) is 77.2 Å². The van der Waals surface area contributed by atoms with Gasteiger partial charge in [0, 0.05) is 24.0 Å². The summed E-state index contributed by atoms with van der Waals surface area (Å²) >= 11 is 0. The average molecular weight is 289 g/mol. The summed E-state index contributed by atoms with van der Waals surface area (Å²) < 4.78 is 18.9. The van der Waals surface area contributed by atoms with Gasteiger partial charge in [-0.25, -0.2) is 4.39 Å². The highest BCUT2D eigenvalue weighted by atomic mass is 19.1. The Labute approximate surface area is 121 Å². The highest BCUT2D eigenvalue weighted by molar-refractivity contribution is 6.04. The van der Waals surface area contributed by atoms with E-state index < -0.39 is 11.7 Å². The SMILES string of the molecule is CCOc1ccc(NC(=O)c2ccncc2F)cc1CN. The minimum absolute atomic E-state index is 0.0619. The van der Waals surface area contributed by atoms with Gasteiger partial charge in [-0.2, -0.15) is 0 Å². The molecule has 0 unspecified atom stereocenters. The molecule has 0 bridgehead atoms. The van der Waals surface area contributed by atoms with Crippen LogP contribution in [0.2, 0.25) is 0 Å². The highest BCUT2D eigenvalue weighted by Gasteiger charge is 2.12. The zero-order valence-electron chi connectivity index (χ0n) is 11.6. The van der Waals surface area contributed by atoms with Gasteiger partial charge in [0.1, 0.15) is 5.75 Å². The minimum Gasteiger partial charge on any atom is -0.494 e. The van der Waals surface area contributed by atoms with E-state index in [0.29, 0.717) is 18.0 Å². The Bertz CT molecular complexity index is 647. The molecule has 0 spiro atoms. The van der Waals surface area contributed by atoms with Gasteiger partial charge in [0.15, 0.2) is 5.82 Å². The number of nitrogens with zero attached hydrogens (tertiary/aromatic N) is 1. The van der Waals surface area contributed by atoms with E-state index in [1.54, 1.807) is 18.2 Å². The molecule has 1 aromatic heterocycles. The van der Waals surface area contributed by atoms with Crippen molar-refractivity contribution in [3.05, 3.63) is 53.6 Å². The number of hydrogen-bond donors (Lipinski definition) is 2.